The third kappa shape index (κ3) is 3.32. The molecule has 0 aliphatic rings. The van der Waals surface area contributed by atoms with Crippen LogP contribution in [0.3, 0.4) is 0 Å². The van der Waals surface area contributed by atoms with Gasteiger partial charge in [-0.15, -0.1) is 0 Å². The summed E-state index contributed by atoms with van der Waals surface area (Å²) in [7, 11) is 0. The molecule has 1 unspecified atom stereocenters. The Morgan fingerprint density at radius 2 is 2.05 bits per heavy atom. The number of nitrogens with zero attached hydrogens (tertiary/aromatic N) is 3. The Morgan fingerprint density at radius 1 is 1.29 bits per heavy atom. The van der Waals surface area contributed by atoms with Crippen LogP contribution in [0.2, 0.25) is 0 Å². The van der Waals surface area contributed by atoms with Crippen molar-refractivity contribution in [2.45, 2.75) is 53.5 Å². The van der Waals surface area contributed by atoms with Crippen LogP contribution in [0.5, 0.6) is 0 Å². The van der Waals surface area contributed by atoms with E-state index in [0.29, 0.717) is 6.04 Å². The summed E-state index contributed by atoms with van der Waals surface area (Å²) < 4.78 is 1.96. The van der Waals surface area contributed by atoms with Gasteiger partial charge in [0.2, 0.25) is 0 Å². The molecule has 0 amide bonds. The molecule has 0 saturated carbocycles. The van der Waals surface area contributed by atoms with Crippen molar-refractivity contribution in [1.29, 1.82) is 0 Å². The summed E-state index contributed by atoms with van der Waals surface area (Å²) in [5, 5.41) is 8.16. The van der Waals surface area contributed by atoms with Gasteiger partial charge in [-0.05, 0) is 63.4 Å². The number of pyridine rings is 1. The molecule has 4 heteroatoms. The molecule has 114 valence electrons. The smallest absolute Gasteiger partial charge is 0.153 e. The molecule has 1 atom stereocenters. The largest absolute Gasteiger partial charge is 0.310 e. The standard InChI is InChI=1S/C17H26N4/c1-6-9-18-12(3)15-8-10-19-17(11-15)21-14(5)16(7-2)13(4)20-21/h8,10-12,18H,6-7,9H2,1-5H3. The van der Waals surface area contributed by atoms with Gasteiger partial charge in [0.05, 0.1) is 5.69 Å². The van der Waals surface area contributed by atoms with Gasteiger partial charge in [-0.3, -0.25) is 0 Å². The minimum Gasteiger partial charge on any atom is -0.310 e. The highest BCUT2D eigenvalue weighted by molar-refractivity contribution is 5.35. The van der Waals surface area contributed by atoms with Crippen molar-refractivity contribution in [2.75, 3.05) is 6.54 Å². The van der Waals surface area contributed by atoms with Crippen molar-refractivity contribution in [1.82, 2.24) is 20.1 Å². The predicted octanol–water partition coefficient (Wildman–Crippen LogP) is 3.51. The molecule has 0 radical (unpaired) electrons. The SMILES string of the molecule is CCCNC(C)c1ccnc(-n2nc(C)c(CC)c2C)c1. The molecular formula is C17H26N4. The molecule has 0 aliphatic carbocycles. The van der Waals surface area contributed by atoms with E-state index in [4.69, 9.17) is 0 Å². The molecule has 0 spiro atoms. The van der Waals surface area contributed by atoms with Gasteiger partial charge in [0.25, 0.3) is 0 Å². The van der Waals surface area contributed by atoms with E-state index in [1.807, 2.05) is 10.9 Å². The Balaban J connectivity index is 2.33. The molecule has 0 bridgehead atoms. The topological polar surface area (TPSA) is 42.7 Å². The molecule has 4 nitrogen and oxygen atoms in total. The van der Waals surface area contributed by atoms with Crippen molar-refractivity contribution in [2.24, 2.45) is 0 Å². The molecule has 0 aromatic carbocycles. The van der Waals surface area contributed by atoms with Gasteiger partial charge in [0.15, 0.2) is 5.82 Å². The zero-order valence-corrected chi connectivity index (χ0v) is 13.8. The van der Waals surface area contributed by atoms with Crippen LogP contribution in [0, 0.1) is 13.8 Å². The van der Waals surface area contributed by atoms with E-state index in [2.05, 4.69) is 62.2 Å². The first kappa shape index (κ1) is 15.7. The Labute approximate surface area is 127 Å². The molecule has 2 heterocycles. The third-order valence-electron chi connectivity index (χ3n) is 3.98. The summed E-state index contributed by atoms with van der Waals surface area (Å²) in [4.78, 5) is 4.49. The van der Waals surface area contributed by atoms with Gasteiger partial charge in [0.1, 0.15) is 0 Å². The lowest BCUT2D eigenvalue weighted by atomic mass is 10.1. The van der Waals surface area contributed by atoms with Crippen LogP contribution in [0.15, 0.2) is 18.3 Å². The summed E-state index contributed by atoms with van der Waals surface area (Å²) in [6.45, 7) is 11.7. The lowest BCUT2D eigenvalue weighted by Gasteiger charge is -2.14. The highest BCUT2D eigenvalue weighted by Crippen LogP contribution is 2.19. The van der Waals surface area contributed by atoms with Crippen LogP contribution in [0.1, 0.15) is 55.7 Å². The maximum absolute atomic E-state index is 4.65. The zero-order chi connectivity index (χ0) is 15.4. The molecule has 2 aromatic heterocycles. The Hall–Kier alpha value is -1.68. The number of aromatic nitrogens is 3. The molecule has 2 aromatic rings. The van der Waals surface area contributed by atoms with Gasteiger partial charge >= 0.3 is 0 Å². The average molecular weight is 286 g/mol. The van der Waals surface area contributed by atoms with Crippen LogP contribution >= 0.6 is 0 Å². The molecule has 21 heavy (non-hydrogen) atoms. The second kappa shape index (κ2) is 6.85. The van der Waals surface area contributed by atoms with E-state index >= 15 is 0 Å². The number of hydrogen-bond donors (Lipinski definition) is 1. The van der Waals surface area contributed by atoms with E-state index in [-0.39, 0.29) is 0 Å². The lowest BCUT2D eigenvalue weighted by molar-refractivity contribution is 0.569. The van der Waals surface area contributed by atoms with Crippen LogP contribution in [0.4, 0.5) is 0 Å². The van der Waals surface area contributed by atoms with E-state index < -0.39 is 0 Å². The van der Waals surface area contributed by atoms with Crippen molar-refractivity contribution < 1.29 is 0 Å². The molecule has 0 aliphatic heterocycles. The van der Waals surface area contributed by atoms with Crippen LogP contribution in [0.25, 0.3) is 5.82 Å². The fourth-order valence-corrected chi connectivity index (χ4v) is 2.71. The summed E-state index contributed by atoms with van der Waals surface area (Å²) in [6.07, 6.45) is 4.02. The van der Waals surface area contributed by atoms with E-state index in [1.54, 1.807) is 0 Å². The Bertz CT molecular complexity index is 601. The summed E-state index contributed by atoms with van der Waals surface area (Å²) in [5.41, 5.74) is 4.85. The van der Waals surface area contributed by atoms with Crippen molar-refractivity contribution in [3.8, 4) is 5.82 Å². The van der Waals surface area contributed by atoms with Gasteiger partial charge in [-0.2, -0.15) is 5.10 Å². The molecule has 0 fully saturated rings. The fourth-order valence-electron chi connectivity index (χ4n) is 2.71. The highest BCUT2D eigenvalue weighted by Gasteiger charge is 2.13. The molecule has 2 rings (SSSR count). The summed E-state index contributed by atoms with van der Waals surface area (Å²) in [6, 6.07) is 4.53. The van der Waals surface area contributed by atoms with Crippen molar-refractivity contribution in [3.05, 3.63) is 40.8 Å². The van der Waals surface area contributed by atoms with Crippen LogP contribution in [-0.4, -0.2) is 21.3 Å². The number of aryl methyl sites for hydroxylation is 1. The quantitative estimate of drug-likeness (QED) is 0.883. The van der Waals surface area contributed by atoms with Gasteiger partial charge in [-0.25, -0.2) is 9.67 Å². The lowest BCUT2D eigenvalue weighted by Crippen LogP contribution is -2.19. The normalized spacial score (nSPS) is 12.6. The number of rotatable bonds is 6. The number of hydrogen-bond acceptors (Lipinski definition) is 3. The minimum atomic E-state index is 0.328. The summed E-state index contributed by atoms with van der Waals surface area (Å²) >= 11 is 0. The first-order valence-corrected chi connectivity index (χ1v) is 7.83. The van der Waals surface area contributed by atoms with Gasteiger partial charge in [-0.1, -0.05) is 13.8 Å². The maximum atomic E-state index is 4.65. The fraction of sp³-hybridized carbons (Fsp3) is 0.529. The first-order valence-electron chi connectivity index (χ1n) is 7.83. The maximum Gasteiger partial charge on any atom is 0.153 e. The Kier molecular flexibility index (Phi) is 5.12. The minimum absolute atomic E-state index is 0.328. The van der Waals surface area contributed by atoms with Crippen molar-refractivity contribution in [3.63, 3.8) is 0 Å². The first-order chi connectivity index (χ1) is 10.1. The zero-order valence-electron chi connectivity index (χ0n) is 13.8. The highest BCUT2D eigenvalue weighted by atomic mass is 15.3. The van der Waals surface area contributed by atoms with Gasteiger partial charge < -0.3 is 5.32 Å². The van der Waals surface area contributed by atoms with E-state index in [9.17, 15) is 0 Å². The van der Waals surface area contributed by atoms with Crippen molar-refractivity contribution >= 4 is 0 Å². The predicted molar refractivity (Wildman–Crippen MR) is 86.9 cm³/mol. The van der Waals surface area contributed by atoms with Crippen LogP contribution in [-0.2, 0) is 6.42 Å². The average Bonchev–Trinajstić information content (AvgIpc) is 2.79. The molecular weight excluding hydrogens is 260 g/mol. The van der Waals surface area contributed by atoms with E-state index in [1.165, 1.54) is 16.8 Å². The van der Waals surface area contributed by atoms with Gasteiger partial charge in [0, 0.05) is 17.9 Å². The summed E-state index contributed by atoms with van der Waals surface area (Å²) in [5.74, 6) is 0.901. The number of nitrogens with one attached hydrogen (secondary N) is 1. The molecule has 1 N–H and O–H groups in total. The Morgan fingerprint density at radius 3 is 2.67 bits per heavy atom. The second-order valence-corrected chi connectivity index (χ2v) is 5.54. The third-order valence-corrected chi connectivity index (χ3v) is 3.98. The van der Waals surface area contributed by atoms with E-state index in [0.717, 1.165) is 30.9 Å². The van der Waals surface area contributed by atoms with Crippen LogP contribution < -0.4 is 5.32 Å². The second-order valence-electron chi connectivity index (χ2n) is 5.54. The monoisotopic (exact) mass is 286 g/mol. The molecule has 0 saturated heterocycles.